The summed E-state index contributed by atoms with van der Waals surface area (Å²) in [4.78, 5) is 37.6. The molecule has 0 saturated carbocycles. The van der Waals surface area contributed by atoms with Gasteiger partial charge in [-0.05, 0) is 38.5 Å². The maximum atomic E-state index is 12.9. The summed E-state index contributed by atoms with van der Waals surface area (Å²) in [5.74, 6) is -1.98. The Kier molecular flexibility index (Phi) is 63.5. The molecule has 2 unspecified atom stereocenters. The lowest BCUT2D eigenvalue weighted by molar-refractivity contribution is -0.870. The number of nitrogens with zero attached hydrogens (tertiary/aromatic N) is 1. The number of carbonyl (C=O) groups is 3. The lowest BCUT2D eigenvalue weighted by Crippen LogP contribution is -2.40. The first-order valence-corrected chi connectivity index (χ1v) is 36.4. The molecule has 0 fully saturated rings. The third kappa shape index (κ3) is 65.6. The number of allylic oxidation sites excluding steroid dienone is 2. The van der Waals surface area contributed by atoms with Crippen molar-refractivity contribution < 1.29 is 42.9 Å². The van der Waals surface area contributed by atoms with Crippen molar-refractivity contribution in [3.8, 4) is 0 Å². The van der Waals surface area contributed by atoms with E-state index in [1.54, 1.807) is 0 Å². The van der Waals surface area contributed by atoms with Crippen LogP contribution in [0.3, 0.4) is 0 Å². The molecule has 486 valence electrons. The van der Waals surface area contributed by atoms with Crippen LogP contribution in [0.15, 0.2) is 12.2 Å². The molecule has 0 bridgehead atoms. The molecule has 0 radical (unpaired) electrons. The molecule has 0 aliphatic rings. The van der Waals surface area contributed by atoms with Gasteiger partial charge in [-0.3, -0.25) is 9.59 Å². The molecule has 9 nitrogen and oxygen atoms in total. The minimum Gasteiger partial charge on any atom is -0.477 e. The molecule has 9 heteroatoms. The van der Waals surface area contributed by atoms with Gasteiger partial charge in [0, 0.05) is 12.8 Å². The maximum Gasteiger partial charge on any atom is 0.361 e. The average molecular weight is 1160 g/mol. The van der Waals surface area contributed by atoms with E-state index in [-0.39, 0.29) is 38.2 Å². The molecule has 0 aromatic heterocycles. The fourth-order valence-corrected chi connectivity index (χ4v) is 11.2. The number of hydrogen-bond acceptors (Lipinski definition) is 7. The zero-order valence-corrected chi connectivity index (χ0v) is 55.7. The second-order valence-electron chi connectivity index (χ2n) is 26.3. The smallest absolute Gasteiger partial charge is 0.361 e. The molecule has 0 spiro atoms. The number of likely N-dealkylation sites (N-methyl/N-ethyl adjacent to an activating group) is 1. The van der Waals surface area contributed by atoms with Crippen molar-refractivity contribution in [2.45, 2.75) is 392 Å². The van der Waals surface area contributed by atoms with E-state index in [0.29, 0.717) is 17.4 Å². The van der Waals surface area contributed by atoms with Gasteiger partial charge in [0.1, 0.15) is 13.2 Å². The molecule has 0 heterocycles. The molecule has 0 aromatic carbocycles. The van der Waals surface area contributed by atoms with Crippen molar-refractivity contribution in [1.29, 1.82) is 0 Å². The monoisotopic (exact) mass is 1160 g/mol. The zero-order chi connectivity index (χ0) is 59.8. The van der Waals surface area contributed by atoms with Gasteiger partial charge in [0.15, 0.2) is 6.10 Å². The molecule has 82 heavy (non-hydrogen) atoms. The van der Waals surface area contributed by atoms with Gasteiger partial charge in [-0.25, -0.2) is 4.79 Å². The van der Waals surface area contributed by atoms with Gasteiger partial charge in [0.05, 0.1) is 34.4 Å². The van der Waals surface area contributed by atoms with Crippen molar-refractivity contribution in [2.24, 2.45) is 0 Å². The summed E-state index contributed by atoms with van der Waals surface area (Å²) in [6.07, 6.45) is 76.4. The molecule has 0 aliphatic heterocycles. The second kappa shape index (κ2) is 65.0. The number of hydrogen-bond donors (Lipinski definition) is 1. The van der Waals surface area contributed by atoms with Crippen molar-refractivity contribution in [2.75, 3.05) is 47.5 Å². The number of unbranched alkanes of at least 4 members (excludes halogenated alkanes) is 52. The molecule has 0 aromatic rings. The van der Waals surface area contributed by atoms with E-state index in [4.69, 9.17) is 18.9 Å². The third-order valence-corrected chi connectivity index (χ3v) is 16.8. The van der Waals surface area contributed by atoms with Crippen LogP contribution in [0.25, 0.3) is 0 Å². The molecule has 0 rings (SSSR count). The highest BCUT2D eigenvalue weighted by Crippen LogP contribution is 2.19. The van der Waals surface area contributed by atoms with Gasteiger partial charge in [-0.1, -0.05) is 341 Å². The molecule has 0 saturated heterocycles. The van der Waals surface area contributed by atoms with E-state index in [1.165, 1.54) is 315 Å². The summed E-state index contributed by atoms with van der Waals surface area (Å²) in [6.45, 7) is 4.95. The highest BCUT2D eigenvalue weighted by Gasteiger charge is 2.25. The van der Waals surface area contributed by atoms with Gasteiger partial charge < -0.3 is 28.5 Å². The van der Waals surface area contributed by atoms with Crippen LogP contribution in [0.5, 0.6) is 0 Å². The number of carbonyl (C=O) groups excluding carboxylic acids is 2. The quantitative estimate of drug-likeness (QED) is 0.0211. The number of aliphatic carboxylic acids is 1. The van der Waals surface area contributed by atoms with E-state index in [9.17, 15) is 19.5 Å². The largest absolute Gasteiger partial charge is 0.477 e. The fraction of sp³-hybridized carbons (Fsp3) is 0.932. The Hall–Kier alpha value is -1.97. The van der Waals surface area contributed by atoms with Crippen LogP contribution in [0.1, 0.15) is 380 Å². The first-order chi connectivity index (χ1) is 40.1. The average Bonchev–Trinajstić information content (AvgIpc) is 3.47. The highest BCUT2D eigenvalue weighted by atomic mass is 16.7. The minimum absolute atomic E-state index is 0.176. The van der Waals surface area contributed by atoms with Crippen LogP contribution in [0, 0.1) is 0 Å². The molecular weight excluding hydrogens is 1020 g/mol. The normalized spacial score (nSPS) is 12.6. The van der Waals surface area contributed by atoms with Gasteiger partial charge in [-0.15, -0.1) is 0 Å². The number of ether oxygens (including phenoxy) is 4. The third-order valence-electron chi connectivity index (χ3n) is 16.8. The minimum atomic E-state index is -1.51. The Bertz CT molecular complexity index is 1350. The van der Waals surface area contributed by atoms with Gasteiger partial charge >= 0.3 is 17.9 Å². The lowest BCUT2D eigenvalue weighted by Gasteiger charge is -2.25. The van der Waals surface area contributed by atoms with Crippen LogP contribution < -0.4 is 0 Å². The maximum absolute atomic E-state index is 12.9. The van der Waals surface area contributed by atoms with Crippen LogP contribution in [-0.2, 0) is 33.3 Å². The summed E-state index contributed by atoms with van der Waals surface area (Å²) in [5.41, 5.74) is 0. The van der Waals surface area contributed by atoms with Crippen LogP contribution in [0.4, 0.5) is 0 Å². The van der Waals surface area contributed by atoms with Gasteiger partial charge in [-0.2, -0.15) is 0 Å². The van der Waals surface area contributed by atoms with Crippen LogP contribution in [0.2, 0.25) is 0 Å². The number of carboxylic acids is 1. The zero-order valence-electron chi connectivity index (χ0n) is 55.7. The molecule has 0 aliphatic carbocycles. The van der Waals surface area contributed by atoms with E-state index >= 15 is 0 Å². The summed E-state index contributed by atoms with van der Waals surface area (Å²) in [7, 11) is 5.99. The predicted octanol–water partition coefficient (Wildman–Crippen LogP) is 22.4. The van der Waals surface area contributed by atoms with Crippen molar-refractivity contribution in [3.05, 3.63) is 12.2 Å². The van der Waals surface area contributed by atoms with Gasteiger partial charge in [0.25, 0.3) is 6.29 Å². The standard InChI is InChI=1S/C73H141NO8/c1-6-8-10-12-14-16-18-20-22-24-26-28-29-30-31-32-33-34-35-36-37-38-39-40-41-42-44-45-47-49-51-53-55-57-59-61-63-70(75)80-67-69(68-81-73(72(77)78)79-66-65-74(3,4)5)82-71(76)64-62-60-58-56-54-52-50-48-46-43-27-25-23-21-19-17-15-13-11-9-7-2/h25,27,69,73H,6-24,26,28-68H2,1-5H3/p+1/b27-25-. The SMILES string of the molecule is CCCCCCCCCC/C=C\CCCCCCCCCCCC(=O)OC(COC(=O)CCCCCCCCCCCCCCCCCCCCCCCCCCCCCCCCCCCCCC)COC(OCC[N+](C)(C)C)C(=O)O. The van der Waals surface area contributed by atoms with E-state index in [2.05, 4.69) is 26.0 Å². The molecular formula is C73H142NO8+. The Morgan fingerprint density at radius 1 is 0.354 bits per heavy atom. The summed E-state index contributed by atoms with van der Waals surface area (Å²) < 4.78 is 23.0. The van der Waals surface area contributed by atoms with Crippen molar-refractivity contribution in [3.63, 3.8) is 0 Å². The number of esters is 2. The van der Waals surface area contributed by atoms with E-state index in [0.717, 1.165) is 38.5 Å². The summed E-state index contributed by atoms with van der Waals surface area (Å²) in [6, 6.07) is 0. The van der Waals surface area contributed by atoms with Crippen molar-refractivity contribution >= 4 is 17.9 Å². The summed E-state index contributed by atoms with van der Waals surface area (Å²) in [5, 5.41) is 9.74. The van der Waals surface area contributed by atoms with E-state index < -0.39 is 18.4 Å². The Morgan fingerprint density at radius 2 is 0.622 bits per heavy atom. The van der Waals surface area contributed by atoms with Crippen LogP contribution in [-0.4, -0.2) is 87.4 Å². The molecule has 0 amide bonds. The fourth-order valence-electron chi connectivity index (χ4n) is 11.2. The Balaban J connectivity index is 3.96. The Morgan fingerprint density at radius 3 is 0.902 bits per heavy atom. The topological polar surface area (TPSA) is 108 Å². The van der Waals surface area contributed by atoms with E-state index in [1.807, 2.05) is 21.1 Å². The Labute approximate surface area is 510 Å². The first-order valence-electron chi connectivity index (χ1n) is 36.4. The summed E-state index contributed by atoms with van der Waals surface area (Å²) >= 11 is 0. The van der Waals surface area contributed by atoms with Crippen LogP contribution >= 0.6 is 0 Å². The first kappa shape index (κ1) is 80.0. The predicted molar refractivity (Wildman–Crippen MR) is 351 cm³/mol. The molecule has 1 N–H and O–H groups in total. The number of carboxylic acid groups (broad SMARTS) is 1. The number of rotatable bonds is 69. The van der Waals surface area contributed by atoms with Gasteiger partial charge in [0.2, 0.25) is 0 Å². The second-order valence-corrected chi connectivity index (χ2v) is 26.3. The lowest BCUT2D eigenvalue weighted by atomic mass is 10.0. The molecule has 2 atom stereocenters. The highest BCUT2D eigenvalue weighted by molar-refractivity contribution is 5.71. The number of quaternary nitrogens is 1. The van der Waals surface area contributed by atoms with Crippen molar-refractivity contribution in [1.82, 2.24) is 0 Å².